The molecule has 1 aromatic heterocycles. The van der Waals surface area contributed by atoms with Gasteiger partial charge in [0.1, 0.15) is 22.7 Å². The molecule has 1 fully saturated rings. The molecular formula is C25H32N4O6. The molecule has 10 heteroatoms. The van der Waals surface area contributed by atoms with Gasteiger partial charge in [-0.3, -0.25) is 19.2 Å². The van der Waals surface area contributed by atoms with Gasteiger partial charge in [0.25, 0.3) is 5.91 Å². The molecule has 0 bridgehead atoms. The highest BCUT2D eigenvalue weighted by Gasteiger charge is 2.50. The van der Waals surface area contributed by atoms with Crippen LogP contribution in [0.25, 0.3) is 0 Å². The van der Waals surface area contributed by atoms with E-state index >= 15 is 0 Å². The molecule has 2 aliphatic rings. The predicted molar refractivity (Wildman–Crippen MR) is 128 cm³/mol. The van der Waals surface area contributed by atoms with Crippen LogP contribution in [0.15, 0.2) is 24.3 Å². The van der Waals surface area contributed by atoms with Crippen molar-refractivity contribution >= 4 is 23.5 Å². The molecule has 188 valence electrons. The number of anilines is 1. The van der Waals surface area contributed by atoms with E-state index in [9.17, 15) is 14.4 Å². The molecule has 0 unspecified atom stereocenters. The fraction of sp³-hybridized carbons (Fsp3) is 0.520. The average molecular weight is 485 g/mol. The van der Waals surface area contributed by atoms with E-state index in [-0.39, 0.29) is 36.5 Å². The Balaban J connectivity index is 1.79. The smallest absolute Gasteiger partial charge is 0.358 e. The van der Waals surface area contributed by atoms with E-state index in [1.807, 2.05) is 0 Å². The molecule has 0 saturated heterocycles. The lowest BCUT2D eigenvalue weighted by atomic mass is 9.91. The van der Waals surface area contributed by atoms with Crippen molar-refractivity contribution in [3.63, 3.8) is 0 Å². The summed E-state index contributed by atoms with van der Waals surface area (Å²) in [6.07, 6.45) is 5.08. The molecule has 1 aromatic carbocycles. The summed E-state index contributed by atoms with van der Waals surface area (Å²) in [6, 6.07) is 6.53. The first kappa shape index (κ1) is 24.6. The Morgan fingerprint density at radius 1 is 1.14 bits per heavy atom. The SMILES string of the molecule is CCOC(=O)c1cc2n(n1)C[C@@](C)(C(=O)NC1CCCCC1)N(c1ccc(OC)cc1OC)C2=O. The minimum Gasteiger partial charge on any atom is -0.497 e. The van der Waals surface area contributed by atoms with Crippen molar-refractivity contribution in [3.8, 4) is 11.5 Å². The largest absolute Gasteiger partial charge is 0.497 e. The number of ether oxygens (including phenoxy) is 3. The van der Waals surface area contributed by atoms with Crippen molar-refractivity contribution in [2.45, 2.75) is 64.1 Å². The van der Waals surface area contributed by atoms with Gasteiger partial charge in [0, 0.05) is 18.2 Å². The zero-order valence-electron chi connectivity index (χ0n) is 20.6. The lowest BCUT2D eigenvalue weighted by Crippen LogP contribution is -2.65. The first-order valence-electron chi connectivity index (χ1n) is 11.9. The lowest BCUT2D eigenvalue weighted by Gasteiger charge is -2.44. The van der Waals surface area contributed by atoms with Gasteiger partial charge in [0.15, 0.2) is 5.69 Å². The molecule has 35 heavy (non-hydrogen) atoms. The van der Waals surface area contributed by atoms with Gasteiger partial charge in [-0.1, -0.05) is 19.3 Å². The molecule has 0 spiro atoms. The minimum atomic E-state index is -1.33. The average Bonchev–Trinajstić information content (AvgIpc) is 3.29. The number of rotatable bonds is 7. The number of benzene rings is 1. The summed E-state index contributed by atoms with van der Waals surface area (Å²) >= 11 is 0. The number of hydrogen-bond donors (Lipinski definition) is 1. The number of fused-ring (bicyclic) bond motifs is 1. The van der Waals surface area contributed by atoms with E-state index in [1.54, 1.807) is 32.0 Å². The van der Waals surface area contributed by atoms with Crippen molar-refractivity contribution < 1.29 is 28.6 Å². The molecule has 1 N–H and O–H groups in total. The van der Waals surface area contributed by atoms with Crippen molar-refractivity contribution in [3.05, 3.63) is 35.7 Å². The fourth-order valence-corrected chi connectivity index (χ4v) is 4.82. The summed E-state index contributed by atoms with van der Waals surface area (Å²) in [5.74, 6) is -0.436. The van der Waals surface area contributed by atoms with Crippen LogP contribution in [0.1, 0.15) is 66.9 Å². The van der Waals surface area contributed by atoms with Crippen LogP contribution < -0.4 is 19.7 Å². The maximum atomic E-state index is 13.9. The second-order valence-electron chi connectivity index (χ2n) is 9.05. The number of amides is 2. The Morgan fingerprint density at radius 2 is 1.89 bits per heavy atom. The summed E-state index contributed by atoms with van der Waals surface area (Å²) in [4.78, 5) is 41.4. The van der Waals surface area contributed by atoms with Gasteiger partial charge in [-0.15, -0.1) is 0 Å². The van der Waals surface area contributed by atoms with Crippen LogP contribution >= 0.6 is 0 Å². The fourth-order valence-electron chi connectivity index (χ4n) is 4.82. The minimum absolute atomic E-state index is 0.0220. The van der Waals surface area contributed by atoms with Crippen molar-refractivity contribution in [1.29, 1.82) is 0 Å². The molecule has 1 saturated carbocycles. The highest BCUT2D eigenvalue weighted by atomic mass is 16.5. The number of carbonyl (C=O) groups is 3. The topological polar surface area (TPSA) is 112 Å². The van der Waals surface area contributed by atoms with Crippen molar-refractivity contribution in [1.82, 2.24) is 15.1 Å². The normalized spacial score (nSPS) is 20.2. The van der Waals surface area contributed by atoms with Gasteiger partial charge in [-0.2, -0.15) is 5.10 Å². The molecule has 1 aliphatic heterocycles. The van der Waals surface area contributed by atoms with E-state index in [2.05, 4.69) is 10.4 Å². The Morgan fingerprint density at radius 3 is 2.54 bits per heavy atom. The second-order valence-corrected chi connectivity index (χ2v) is 9.05. The van der Waals surface area contributed by atoms with Crippen LogP contribution in [0, 0.1) is 0 Å². The maximum Gasteiger partial charge on any atom is 0.358 e. The van der Waals surface area contributed by atoms with Crippen molar-refractivity contribution in [2.24, 2.45) is 0 Å². The first-order chi connectivity index (χ1) is 16.8. The highest BCUT2D eigenvalue weighted by molar-refractivity contribution is 6.13. The van der Waals surface area contributed by atoms with E-state index in [1.165, 1.54) is 29.9 Å². The maximum absolute atomic E-state index is 13.9. The highest BCUT2D eigenvalue weighted by Crippen LogP contribution is 2.40. The number of nitrogens with zero attached hydrogens (tertiary/aromatic N) is 3. The van der Waals surface area contributed by atoms with Gasteiger partial charge in [0.05, 0.1) is 33.1 Å². The summed E-state index contributed by atoms with van der Waals surface area (Å²) < 4.78 is 17.4. The Hall–Kier alpha value is -3.56. The quantitative estimate of drug-likeness (QED) is 0.602. The third kappa shape index (κ3) is 4.56. The third-order valence-corrected chi connectivity index (χ3v) is 6.70. The van der Waals surface area contributed by atoms with Gasteiger partial charge < -0.3 is 19.5 Å². The number of aromatic nitrogens is 2. The van der Waals surface area contributed by atoms with E-state index in [0.29, 0.717) is 17.2 Å². The van der Waals surface area contributed by atoms with E-state index in [4.69, 9.17) is 14.2 Å². The molecule has 2 amide bonds. The van der Waals surface area contributed by atoms with Crippen LogP contribution in [-0.2, 0) is 16.1 Å². The molecule has 1 aliphatic carbocycles. The van der Waals surface area contributed by atoms with Crippen LogP contribution in [0.5, 0.6) is 11.5 Å². The third-order valence-electron chi connectivity index (χ3n) is 6.70. The van der Waals surface area contributed by atoms with Crippen molar-refractivity contribution in [2.75, 3.05) is 25.7 Å². The molecule has 2 aromatic rings. The Labute approximate surface area is 204 Å². The molecule has 2 heterocycles. The van der Waals surface area contributed by atoms with Crippen LogP contribution in [0.2, 0.25) is 0 Å². The monoisotopic (exact) mass is 484 g/mol. The number of esters is 1. The number of methoxy groups -OCH3 is 2. The van der Waals surface area contributed by atoms with Gasteiger partial charge >= 0.3 is 5.97 Å². The summed E-state index contributed by atoms with van der Waals surface area (Å²) in [5, 5.41) is 7.46. The second kappa shape index (κ2) is 9.97. The molecule has 4 rings (SSSR count). The number of nitrogens with one attached hydrogen (secondary N) is 1. The van der Waals surface area contributed by atoms with Crippen LogP contribution in [0.3, 0.4) is 0 Å². The predicted octanol–water partition coefficient (Wildman–Crippen LogP) is 2.95. The zero-order chi connectivity index (χ0) is 25.2. The number of hydrogen-bond acceptors (Lipinski definition) is 7. The van der Waals surface area contributed by atoms with Gasteiger partial charge in [0.2, 0.25) is 5.91 Å². The van der Waals surface area contributed by atoms with Crippen LogP contribution in [0.4, 0.5) is 5.69 Å². The molecule has 1 atom stereocenters. The van der Waals surface area contributed by atoms with E-state index < -0.39 is 17.4 Å². The van der Waals surface area contributed by atoms with E-state index in [0.717, 1.165) is 32.1 Å². The summed E-state index contributed by atoms with van der Waals surface area (Å²) in [6.45, 7) is 3.65. The summed E-state index contributed by atoms with van der Waals surface area (Å²) in [7, 11) is 3.03. The lowest BCUT2D eigenvalue weighted by molar-refractivity contribution is -0.127. The Kier molecular flexibility index (Phi) is 7.00. The summed E-state index contributed by atoms with van der Waals surface area (Å²) in [5.41, 5.74) is -0.700. The number of carbonyl (C=O) groups excluding carboxylic acids is 3. The Bertz CT molecular complexity index is 1120. The van der Waals surface area contributed by atoms with Gasteiger partial charge in [-0.05, 0) is 38.8 Å². The standard InChI is InChI=1S/C25H32N4O6/c1-5-35-23(31)18-14-20-22(30)29(19-12-11-17(33-3)13-21(19)34-4)25(2,15-28(20)27-18)24(32)26-16-9-7-6-8-10-16/h11-14,16H,5-10,15H2,1-4H3,(H,26,32)/t25-/m0/s1. The molecule has 0 radical (unpaired) electrons. The van der Waals surface area contributed by atoms with Crippen LogP contribution in [-0.4, -0.2) is 60.0 Å². The first-order valence-corrected chi connectivity index (χ1v) is 11.9. The zero-order valence-corrected chi connectivity index (χ0v) is 20.6. The molecule has 10 nitrogen and oxygen atoms in total. The van der Waals surface area contributed by atoms with Gasteiger partial charge in [-0.25, -0.2) is 4.79 Å². The molecular weight excluding hydrogens is 452 g/mol.